The summed E-state index contributed by atoms with van der Waals surface area (Å²) in [5.41, 5.74) is -0.109. The summed E-state index contributed by atoms with van der Waals surface area (Å²) in [6.45, 7) is 4.35. The normalized spacial score (nSPS) is 10.1. The molecule has 0 aromatic carbocycles. The maximum absolute atomic E-state index is 10.4. The number of nitro groups is 1. The molecule has 1 aromatic heterocycles. The molecule has 0 fully saturated rings. The molecule has 0 atom stereocenters. The third-order valence-corrected chi connectivity index (χ3v) is 2.17. The minimum Gasteiger partial charge on any atom is -0.368 e. The van der Waals surface area contributed by atoms with Crippen molar-refractivity contribution < 1.29 is 4.92 Å². The maximum atomic E-state index is 10.4. The van der Waals surface area contributed by atoms with Crippen molar-refractivity contribution in [2.75, 3.05) is 25.0 Å². The van der Waals surface area contributed by atoms with Gasteiger partial charge in [0.15, 0.2) is 0 Å². The van der Waals surface area contributed by atoms with Crippen molar-refractivity contribution in [1.82, 2.24) is 10.3 Å². The summed E-state index contributed by atoms with van der Waals surface area (Å²) >= 11 is 5.84. The molecule has 16 heavy (non-hydrogen) atoms. The van der Waals surface area contributed by atoms with Gasteiger partial charge in [0.2, 0.25) is 0 Å². The van der Waals surface area contributed by atoms with Gasteiger partial charge in [-0.15, -0.1) is 0 Å². The highest BCUT2D eigenvalue weighted by molar-refractivity contribution is 6.33. The van der Waals surface area contributed by atoms with E-state index in [-0.39, 0.29) is 10.7 Å². The van der Waals surface area contributed by atoms with E-state index in [1.54, 1.807) is 0 Å². The molecule has 0 aliphatic heterocycles. The van der Waals surface area contributed by atoms with Crippen molar-refractivity contribution in [1.29, 1.82) is 0 Å². The van der Waals surface area contributed by atoms with Gasteiger partial charge in [0.1, 0.15) is 12.0 Å². The maximum Gasteiger partial charge on any atom is 0.289 e. The molecule has 1 rings (SSSR count). The Morgan fingerprint density at radius 1 is 1.56 bits per heavy atom. The summed E-state index contributed by atoms with van der Waals surface area (Å²) in [5, 5.41) is 16.8. The van der Waals surface area contributed by atoms with Crippen LogP contribution in [0.5, 0.6) is 0 Å². The van der Waals surface area contributed by atoms with Gasteiger partial charge in [-0.3, -0.25) is 10.1 Å². The van der Waals surface area contributed by atoms with E-state index in [9.17, 15) is 10.1 Å². The number of rotatable bonds is 6. The first kappa shape index (κ1) is 12.7. The van der Waals surface area contributed by atoms with Crippen molar-refractivity contribution >= 4 is 23.1 Å². The fraction of sp³-hybridized carbons (Fsp3) is 0.444. The zero-order chi connectivity index (χ0) is 12.0. The third-order valence-electron chi connectivity index (χ3n) is 1.88. The van der Waals surface area contributed by atoms with Gasteiger partial charge in [-0.1, -0.05) is 18.5 Å². The Kier molecular flexibility index (Phi) is 4.94. The minimum atomic E-state index is -0.526. The molecular weight excluding hydrogens is 232 g/mol. The molecule has 0 spiro atoms. The average Bonchev–Trinajstić information content (AvgIpc) is 2.26. The van der Waals surface area contributed by atoms with Crippen LogP contribution in [0.2, 0.25) is 5.02 Å². The third kappa shape index (κ3) is 3.63. The summed E-state index contributed by atoms with van der Waals surface area (Å²) in [7, 11) is 0. The number of anilines is 1. The summed E-state index contributed by atoms with van der Waals surface area (Å²) in [5.74, 6) is 0.463. The molecule has 0 unspecified atom stereocenters. The number of likely N-dealkylation sites (N-methyl/N-ethyl adjacent to an activating group) is 1. The second-order valence-corrected chi connectivity index (χ2v) is 3.47. The number of halogens is 1. The zero-order valence-electron chi connectivity index (χ0n) is 8.86. The van der Waals surface area contributed by atoms with E-state index < -0.39 is 4.92 Å². The van der Waals surface area contributed by atoms with Crippen LogP contribution < -0.4 is 10.6 Å². The van der Waals surface area contributed by atoms with Crippen LogP contribution in [0, 0.1) is 10.1 Å². The molecule has 0 amide bonds. The van der Waals surface area contributed by atoms with E-state index in [0.717, 1.165) is 13.1 Å². The van der Waals surface area contributed by atoms with Crippen molar-refractivity contribution in [3.63, 3.8) is 0 Å². The van der Waals surface area contributed by atoms with Gasteiger partial charge in [0.25, 0.3) is 5.69 Å². The van der Waals surface area contributed by atoms with Gasteiger partial charge >= 0.3 is 0 Å². The SMILES string of the molecule is CCNCCNc1ncc([N+](=O)[O-])cc1Cl. The van der Waals surface area contributed by atoms with Gasteiger partial charge in [-0.25, -0.2) is 4.98 Å². The number of pyridine rings is 1. The Bertz CT molecular complexity index is 373. The minimum absolute atomic E-state index is 0.109. The molecule has 0 saturated heterocycles. The average molecular weight is 245 g/mol. The van der Waals surface area contributed by atoms with Gasteiger partial charge in [-0.2, -0.15) is 0 Å². The fourth-order valence-electron chi connectivity index (χ4n) is 1.10. The fourth-order valence-corrected chi connectivity index (χ4v) is 1.33. The second-order valence-electron chi connectivity index (χ2n) is 3.06. The van der Waals surface area contributed by atoms with Crippen LogP contribution in [0.25, 0.3) is 0 Å². The molecule has 88 valence electrons. The molecule has 0 saturated carbocycles. The van der Waals surface area contributed by atoms with Gasteiger partial charge in [0, 0.05) is 19.2 Å². The molecule has 7 heteroatoms. The van der Waals surface area contributed by atoms with Crippen LogP contribution in [-0.4, -0.2) is 29.5 Å². The zero-order valence-corrected chi connectivity index (χ0v) is 9.62. The monoisotopic (exact) mass is 244 g/mol. The first-order valence-electron chi connectivity index (χ1n) is 4.89. The highest BCUT2D eigenvalue weighted by Crippen LogP contribution is 2.23. The smallest absolute Gasteiger partial charge is 0.289 e. The molecular formula is C9H13ClN4O2. The van der Waals surface area contributed by atoms with Crippen LogP contribution in [0.1, 0.15) is 6.92 Å². The lowest BCUT2D eigenvalue weighted by molar-refractivity contribution is -0.385. The van der Waals surface area contributed by atoms with E-state index in [1.165, 1.54) is 12.3 Å². The molecule has 1 heterocycles. The lowest BCUT2D eigenvalue weighted by atomic mass is 10.4. The quantitative estimate of drug-likeness (QED) is 0.452. The molecule has 1 aromatic rings. The van der Waals surface area contributed by atoms with Crippen LogP contribution in [0.15, 0.2) is 12.3 Å². The second kappa shape index (κ2) is 6.24. The first-order valence-corrected chi connectivity index (χ1v) is 5.27. The van der Waals surface area contributed by atoms with Crippen molar-refractivity contribution in [2.45, 2.75) is 6.92 Å². The highest BCUT2D eigenvalue weighted by Gasteiger charge is 2.10. The summed E-state index contributed by atoms with van der Waals surface area (Å²) in [6.07, 6.45) is 1.18. The Morgan fingerprint density at radius 3 is 2.88 bits per heavy atom. The lowest BCUT2D eigenvalue weighted by Crippen LogP contribution is -2.22. The van der Waals surface area contributed by atoms with Gasteiger partial charge < -0.3 is 10.6 Å². The lowest BCUT2D eigenvalue weighted by Gasteiger charge is -2.06. The van der Waals surface area contributed by atoms with Crippen molar-refractivity contribution in [3.8, 4) is 0 Å². The van der Waals surface area contributed by atoms with Crippen LogP contribution >= 0.6 is 11.6 Å². The molecule has 0 aliphatic rings. The predicted molar refractivity (Wildman–Crippen MR) is 62.9 cm³/mol. The Labute approximate surface area is 98.2 Å². The van der Waals surface area contributed by atoms with E-state index in [0.29, 0.717) is 12.4 Å². The summed E-state index contributed by atoms with van der Waals surface area (Å²) in [6, 6.07) is 1.28. The summed E-state index contributed by atoms with van der Waals surface area (Å²) in [4.78, 5) is 13.8. The van der Waals surface area contributed by atoms with Crippen LogP contribution in [0.4, 0.5) is 11.5 Å². The first-order chi connectivity index (χ1) is 7.65. The highest BCUT2D eigenvalue weighted by atomic mass is 35.5. The topological polar surface area (TPSA) is 80.1 Å². The van der Waals surface area contributed by atoms with E-state index >= 15 is 0 Å². The van der Waals surface area contributed by atoms with Crippen LogP contribution in [-0.2, 0) is 0 Å². The van der Waals surface area contributed by atoms with Gasteiger partial charge in [-0.05, 0) is 6.54 Å². The largest absolute Gasteiger partial charge is 0.368 e. The molecule has 0 bridgehead atoms. The van der Waals surface area contributed by atoms with E-state index in [4.69, 9.17) is 11.6 Å². The van der Waals surface area contributed by atoms with Crippen LogP contribution in [0.3, 0.4) is 0 Å². The number of aromatic nitrogens is 1. The molecule has 0 aliphatic carbocycles. The standard InChI is InChI=1S/C9H13ClN4O2/c1-2-11-3-4-12-9-8(10)5-7(6-13-9)14(15)16/h5-6,11H,2-4H2,1H3,(H,12,13). The van der Waals surface area contributed by atoms with E-state index in [1.807, 2.05) is 6.92 Å². The number of nitrogens with zero attached hydrogens (tertiary/aromatic N) is 2. The van der Waals surface area contributed by atoms with E-state index in [2.05, 4.69) is 15.6 Å². The Balaban J connectivity index is 2.57. The Morgan fingerprint density at radius 2 is 2.31 bits per heavy atom. The molecule has 0 radical (unpaired) electrons. The van der Waals surface area contributed by atoms with Gasteiger partial charge in [0.05, 0.1) is 9.95 Å². The number of nitrogens with one attached hydrogen (secondary N) is 2. The van der Waals surface area contributed by atoms with Crippen molar-refractivity contribution in [2.24, 2.45) is 0 Å². The Hall–Kier alpha value is -1.40. The van der Waals surface area contributed by atoms with Crippen molar-refractivity contribution in [3.05, 3.63) is 27.4 Å². The molecule has 6 nitrogen and oxygen atoms in total. The molecule has 2 N–H and O–H groups in total. The number of hydrogen-bond acceptors (Lipinski definition) is 5. The number of hydrogen-bond donors (Lipinski definition) is 2. The predicted octanol–water partition coefficient (Wildman–Crippen LogP) is 1.66. The summed E-state index contributed by atoms with van der Waals surface area (Å²) < 4.78 is 0.